The molecule has 0 aliphatic rings. The second-order valence-electron chi connectivity index (χ2n) is 3.38. The maximum Gasteiger partial charge on any atom is 0.300 e. The monoisotopic (exact) mass is 205 g/mol. The minimum atomic E-state index is -0.306. The van der Waals surface area contributed by atoms with Crippen LogP contribution in [0.1, 0.15) is 13.4 Å². The van der Waals surface area contributed by atoms with Crippen molar-refractivity contribution >= 4 is 10.9 Å². The fraction of sp³-hybridized carbons (Fsp3) is 0.250. The molecule has 1 N–H and O–H groups in total. The standard InChI is InChI=1S/C12H10FNO.H2/c13-7-1-2-9-3-5-11-10(8-9)4-6-12(15)14-11;/h3,5,8H,1-2,7H2,(H,14,15);1H. The number of nitrogens with one attached hydrogen (secondary N) is 1. The fourth-order valence-electron chi connectivity index (χ4n) is 1.51. The highest BCUT2D eigenvalue weighted by atomic mass is 19.1. The van der Waals surface area contributed by atoms with Crippen molar-refractivity contribution in [2.75, 3.05) is 6.67 Å². The molecule has 2 aromatic rings. The summed E-state index contributed by atoms with van der Waals surface area (Å²) in [5, 5.41) is 0.811. The van der Waals surface area contributed by atoms with Gasteiger partial charge in [0.1, 0.15) is 0 Å². The zero-order valence-electron chi connectivity index (χ0n) is 8.14. The first-order chi connectivity index (χ1) is 7.29. The number of fused-ring (bicyclic) bond motifs is 1. The van der Waals surface area contributed by atoms with Crippen LogP contribution in [-0.2, 0) is 6.42 Å². The minimum absolute atomic E-state index is 0. The van der Waals surface area contributed by atoms with Gasteiger partial charge in [-0.1, -0.05) is 12.1 Å². The summed E-state index contributed by atoms with van der Waals surface area (Å²) >= 11 is 0. The Morgan fingerprint density at radius 3 is 3.07 bits per heavy atom. The van der Waals surface area contributed by atoms with Crippen molar-refractivity contribution in [1.29, 1.82) is 0 Å². The van der Waals surface area contributed by atoms with Gasteiger partial charge in [0.15, 0.2) is 0 Å². The Morgan fingerprint density at radius 2 is 2.27 bits per heavy atom. The molecule has 0 spiro atoms. The van der Waals surface area contributed by atoms with Gasteiger partial charge in [0, 0.05) is 12.9 Å². The lowest BCUT2D eigenvalue weighted by molar-refractivity contribution is 0.473. The second kappa shape index (κ2) is 4.14. The SMILES string of the molecule is O=c1c#cc2cc(CCCF)ccc2[nH]1.[HH]. The molecule has 0 amide bonds. The van der Waals surface area contributed by atoms with Crippen LogP contribution in [0.5, 0.6) is 0 Å². The van der Waals surface area contributed by atoms with Crippen LogP contribution < -0.4 is 5.56 Å². The lowest BCUT2D eigenvalue weighted by Gasteiger charge is -1.99. The molecular formula is C12H12FNO. The number of aromatic nitrogens is 1. The van der Waals surface area contributed by atoms with E-state index >= 15 is 0 Å². The number of alkyl halides is 1. The molecule has 1 heterocycles. The number of hydrogen-bond donors (Lipinski definition) is 1. The van der Waals surface area contributed by atoms with E-state index in [1.807, 2.05) is 18.2 Å². The van der Waals surface area contributed by atoms with Gasteiger partial charge in [0.2, 0.25) is 0 Å². The average Bonchev–Trinajstić information content (AvgIpc) is 2.26. The van der Waals surface area contributed by atoms with Gasteiger partial charge in [-0.3, -0.25) is 9.18 Å². The third kappa shape index (κ3) is 2.16. The van der Waals surface area contributed by atoms with Gasteiger partial charge in [-0.2, -0.15) is 0 Å². The van der Waals surface area contributed by atoms with E-state index in [-0.39, 0.29) is 13.7 Å². The predicted octanol–water partition coefficient (Wildman–Crippen LogP) is 2.28. The minimum Gasteiger partial charge on any atom is -0.314 e. The molecule has 0 saturated heterocycles. The Labute approximate surface area is 88.2 Å². The second-order valence-corrected chi connectivity index (χ2v) is 3.38. The molecule has 0 radical (unpaired) electrons. The highest BCUT2D eigenvalue weighted by Gasteiger charge is 1.97. The largest absolute Gasteiger partial charge is 0.314 e. The Bertz CT molecular complexity index is 524. The number of rotatable bonds is 3. The molecule has 15 heavy (non-hydrogen) atoms. The predicted molar refractivity (Wildman–Crippen MR) is 58.7 cm³/mol. The zero-order valence-corrected chi connectivity index (χ0v) is 8.14. The van der Waals surface area contributed by atoms with E-state index in [1.54, 1.807) is 0 Å². The molecule has 0 saturated carbocycles. The number of H-pyrrole nitrogens is 1. The summed E-state index contributed by atoms with van der Waals surface area (Å²) in [7, 11) is 0. The molecule has 2 rings (SSSR count). The van der Waals surface area contributed by atoms with Crippen LogP contribution in [0.4, 0.5) is 4.39 Å². The molecule has 0 atom stereocenters. The van der Waals surface area contributed by atoms with Crippen molar-refractivity contribution in [2.45, 2.75) is 12.8 Å². The summed E-state index contributed by atoms with van der Waals surface area (Å²) < 4.78 is 12.0. The molecule has 0 fully saturated rings. The van der Waals surface area contributed by atoms with Gasteiger partial charge in [-0.05, 0) is 30.5 Å². The van der Waals surface area contributed by atoms with Crippen molar-refractivity contribution in [2.24, 2.45) is 0 Å². The highest BCUT2D eigenvalue weighted by molar-refractivity contribution is 5.77. The Hall–Kier alpha value is -1.82. The molecule has 3 heteroatoms. The van der Waals surface area contributed by atoms with E-state index in [1.165, 1.54) is 0 Å². The van der Waals surface area contributed by atoms with Crippen molar-refractivity contribution in [3.05, 3.63) is 46.2 Å². The van der Waals surface area contributed by atoms with Gasteiger partial charge in [-0.25, -0.2) is 0 Å². The lowest BCUT2D eigenvalue weighted by Crippen LogP contribution is -2.00. The number of halogens is 1. The smallest absolute Gasteiger partial charge is 0.300 e. The molecule has 2 nitrogen and oxygen atoms in total. The Balaban J connectivity index is 0.00000128. The van der Waals surface area contributed by atoms with E-state index in [2.05, 4.69) is 17.1 Å². The Kier molecular flexibility index (Phi) is 2.68. The topological polar surface area (TPSA) is 32.9 Å². The van der Waals surface area contributed by atoms with Gasteiger partial charge < -0.3 is 4.98 Å². The summed E-state index contributed by atoms with van der Waals surface area (Å²) in [6, 6.07) is 10.8. The highest BCUT2D eigenvalue weighted by Crippen LogP contribution is 2.11. The summed E-state index contributed by atoms with van der Waals surface area (Å²) in [5.41, 5.74) is 1.51. The Morgan fingerprint density at radius 1 is 1.40 bits per heavy atom. The number of benzene rings is 1. The van der Waals surface area contributed by atoms with Gasteiger partial charge in [0.05, 0.1) is 12.2 Å². The molecule has 1 aromatic heterocycles. The van der Waals surface area contributed by atoms with Crippen LogP contribution in [0.2, 0.25) is 0 Å². The van der Waals surface area contributed by atoms with Crippen LogP contribution in [0.25, 0.3) is 10.9 Å². The fourth-order valence-corrected chi connectivity index (χ4v) is 1.51. The maximum absolute atomic E-state index is 12.0. The number of hydrogen-bond acceptors (Lipinski definition) is 1. The molecule has 78 valence electrons. The average molecular weight is 205 g/mol. The van der Waals surface area contributed by atoms with E-state index in [0.717, 1.165) is 16.5 Å². The van der Waals surface area contributed by atoms with E-state index in [4.69, 9.17) is 0 Å². The molecule has 0 unspecified atom stereocenters. The first-order valence-electron chi connectivity index (χ1n) is 4.81. The lowest BCUT2D eigenvalue weighted by atomic mass is 10.1. The molecule has 0 aliphatic heterocycles. The summed E-state index contributed by atoms with van der Waals surface area (Å²) in [6.07, 6.45) is 1.23. The molecule has 1 aromatic carbocycles. The molecule has 0 aliphatic carbocycles. The third-order valence-electron chi connectivity index (χ3n) is 2.24. The van der Waals surface area contributed by atoms with E-state index in [0.29, 0.717) is 12.8 Å². The summed E-state index contributed by atoms with van der Waals surface area (Å²) in [6.45, 7) is -0.306. The van der Waals surface area contributed by atoms with Crippen molar-refractivity contribution in [1.82, 2.24) is 4.98 Å². The summed E-state index contributed by atoms with van der Waals surface area (Å²) in [5.74, 6) is 0. The maximum atomic E-state index is 12.0. The molecular weight excluding hydrogens is 193 g/mol. The summed E-state index contributed by atoms with van der Waals surface area (Å²) in [4.78, 5) is 13.6. The van der Waals surface area contributed by atoms with Crippen molar-refractivity contribution in [3.63, 3.8) is 0 Å². The van der Waals surface area contributed by atoms with Crippen LogP contribution in [0, 0.1) is 12.1 Å². The first kappa shape index (κ1) is 9.72. The van der Waals surface area contributed by atoms with Crippen LogP contribution in [0.15, 0.2) is 23.0 Å². The van der Waals surface area contributed by atoms with Crippen LogP contribution in [0.3, 0.4) is 0 Å². The number of aromatic amines is 1. The quantitative estimate of drug-likeness (QED) is 0.819. The van der Waals surface area contributed by atoms with Crippen LogP contribution in [-0.4, -0.2) is 11.7 Å². The zero-order chi connectivity index (χ0) is 10.7. The van der Waals surface area contributed by atoms with E-state index in [9.17, 15) is 9.18 Å². The van der Waals surface area contributed by atoms with E-state index < -0.39 is 0 Å². The van der Waals surface area contributed by atoms with Gasteiger partial charge in [-0.15, -0.1) is 0 Å². The first-order valence-corrected chi connectivity index (χ1v) is 4.81. The molecule has 0 bridgehead atoms. The van der Waals surface area contributed by atoms with Crippen molar-refractivity contribution in [3.8, 4) is 0 Å². The van der Waals surface area contributed by atoms with Crippen LogP contribution >= 0.6 is 0 Å². The van der Waals surface area contributed by atoms with Gasteiger partial charge >= 0.3 is 5.56 Å². The third-order valence-corrected chi connectivity index (χ3v) is 2.24. The normalized spacial score (nSPS) is 10.2. The van der Waals surface area contributed by atoms with Gasteiger partial charge in [0.25, 0.3) is 0 Å². The van der Waals surface area contributed by atoms with Crippen molar-refractivity contribution < 1.29 is 5.82 Å². The number of aryl methyl sites for hydroxylation is 1.